The molecule has 2 aromatic rings. The summed E-state index contributed by atoms with van der Waals surface area (Å²) in [7, 11) is 6.28. The molecule has 0 fully saturated rings. The predicted molar refractivity (Wildman–Crippen MR) is 123 cm³/mol. The van der Waals surface area contributed by atoms with Crippen molar-refractivity contribution in [3.05, 3.63) is 47.5 Å². The van der Waals surface area contributed by atoms with E-state index in [1.807, 2.05) is 18.2 Å². The molecule has 0 aliphatic heterocycles. The Hall–Kier alpha value is -2.40. The van der Waals surface area contributed by atoms with Gasteiger partial charge in [-0.1, -0.05) is 6.07 Å². The first-order valence-electron chi connectivity index (χ1n) is 8.66. The second kappa shape index (κ2) is 12.2. The van der Waals surface area contributed by atoms with E-state index in [1.165, 1.54) is 0 Å². The lowest BCUT2D eigenvalue weighted by Crippen LogP contribution is -2.34. The minimum Gasteiger partial charge on any atom is -0.497 e. The Kier molecular flexibility index (Phi) is 10.4. The van der Waals surface area contributed by atoms with Crippen LogP contribution in [0.3, 0.4) is 0 Å². The monoisotopic (exact) mass is 517 g/mol. The van der Waals surface area contributed by atoms with Crippen molar-refractivity contribution in [3.63, 3.8) is 0 Å². The first kappa shape index (κ1) is 24.6. The quantitative estimate of drug-likeness (QED) is 0.267. The summed E-state index contributed by atoms with van der Waals surface area (Å²) in [5, 5.41) is 13.3. The number of guanidine groups is 1. The lowest BCUT2D eigenvalue weighted by molar-refractivity contribution is 0.180. The molecule has 8 nitrogen and oxygen atoms in total. The highest BCUT2D eigenvalue weighted by atomic mass is 127. The smallest absolute Gasteiger partial charge is 0.189 e. The highest BCUT2D eigenvalue weighted by molar-refractivity contribution is 14.0. The summed E-state index contributed by atoms with van der Waals surface area (Å²) in [6.07, 6.45) is -0.807. The normalized spacial score (nSPS) is 11.8. The molecule has 9 heteroatoms. The maximum atomic E-state index is 10.4. The van der Waals surface area contributed by atoms with Crippen molar-refractivity contribution in [2.24, 2.45) is 10.7 Å². The van der Waals surface area contributed by atoms with E-state index in [1.54, 1.807) is 46.6 Å². The second-order valence-corrected chi connectivity index (χ2v) is 5.93. The van der Waals surface area contributed by atoms with E-state index in [0.29, 0.717) is 35.1 Å². The zero-order valence-electron chi connectivity index (χ0n) is 17.0. The predicted octanol–water partition coefficient (Wildman–Crippen LogP) is 2.48. The van der Waals surface area contributed by atoms with Gasteiger partial charge in [-0.15, -0.1) is 24.0 Å². The molecule has 0 amide bonds. The van der Waals surface area contributed by atoms with E-state index >= 15 is 0 Å². The molecule has 0 saturated heterocycles. The van der Waals surface area contributed by atoms with Crippen molar-refractivity contribution in [3.8, 4) is 23.0 Å². The number of methoxy groups -OCH3 is 4. The van der Waals surface area contributed by atoms with Gasteiger partial charge in [-0.3, -0.25) is 0 Å². The Labute approximate surface area is 188 Å². The first-order chi connectivity index (χ1) is 13.5. The van der Waals surface area contributed by atoms with Crippen molar-refractivity contribution in [2.45, 2.75) is 12.6 Å². The van der Waals surface area contributed by atoms with Gasteiger partial charge in [0.15, 0.2) is 17.5 Å². The minimum atomic E-state index is -0.807. The maximum Gasteiger partial charge on any atom is 0.189 e. The molecule has 29 heavy (non-hydrogen) atoms. The van der Waals surface area contributed by atoms with Gasteiger partial charge < -0.3 is 35.1 Å². The molecule has 1 atom stereocenters. The largest absolute Gasteiger partial charge is 0.497 e. The number of nitrogens with two attached hydrogens (primary N) is 1. The van der Waals surface area contributed by atoms with Gasteiger partial charge in [0.1, 0.15) is 11.5 Å². The van der Waals surface area contributed by atoms with E-state index in [2.05, 4.69) is 10.3 Å². The first-order valence-corrected chi connectivity index (χ1v) is 8.66. The molecule has 0 aromatic heterocycles. The Balaban J connectivity index is 0.00000420. The number of hydrogen-bond acceptors (Lipinski definition) is 6. The molecule has 0 heterocycles. The van der Waals surface area contributed by atoms with Gasteiger partial charge >= 0.3 is 0 Å². The molecule has 0 aliphatic carbocycles. The van der Waals surface area contributed by atoms with E-state index in [9.17, 15) is 5.11 Å². The fourth-order valence-corrected chi connectivity index (χ4v) is 2.55. The molecule has 0 bridgehead atoms. The Morgan fingerprint density at radius 2 is 1.59 bits per heavy atom. The fourth-order valence-electron chi connectivity index (χ4n) is 2.55. The molecule has 2 aromatic carbocycles. The van der Waals surface area contributed by atoms with Crippen molar-refractivity contribution in [1.29, 1.82) is 0 Å². The van der Waals surface area contributed by atoms with Crippen LogP contribution >= 0.6 is 24.0 Å². The highest BCUT2D eigenvalue weighted by Crippen LogP contribution is 2.28. The summed E-state index contributed by atoms with van der Waals surface area (Å²) in [4.78, 5) is 4.28. The molecular formula is C20H28IN3O5. The number of hydrogen-bond donors (Lipinski definition) is 3. The van der Waals surface area contributed by atoms with Crippen LogP contribution < -0.4 is 30.0 Å². The molecular weight excluding hydrogens is 489 g/mol. The third-order valence-corrected chi connectivity index (χ3v) is 4.12. The van der Waals surface area contributed by atoms with Crippen LogP contribution in [0.1, 0.15) is 17.2 Å². The van der Waals surface area contributed by atoms with Crippen LogP contribution in [-0.2, 0) is 6.54 Å². The molecule has 0 saturated carbocycles. The van der Waals surface area contributed by atoms with E-state index in [0.717, 1.165) is 5.56 Å². The summed E-state index contributed by atoms with van der Waals surface area (Å²) >= 11 is 0. The van der Waals surface area contributed by atoms with Gasteiger partial charge in [0.2, 0.25) is 0 Å². The number of aliphatic hydroxyl groups is 1. The number of nitrogens with zero attached hydrogens (tertiary/aromatic N) is 1. The van der Waals surface area contributed by atoms with Crippen molar-refractivity contribution >= 4 is 29.9 Å². The number of aliphatic imine (C=N–C) groups is 1. The zero-order chi connectivity index (χ0) is 20.5. The van der Waals surface area contributed by atoms with Gasteiger partial charge in [0, 0.05) is 12.6 Å². The zero-order valence-corrected chi connectivity index (χ0v) is 19.3. The Morgan fingerprint density at radius 3 is 2.14 bits per heavy atom. The number of ether oxygens (including phenoxy) is 4. The number of rotatable bonds is 9. The van der Waals surface area contributed by atoms with Crippen LogP contribution in [0.5, 0.6) is 23.0 Å². The average Bonchev–Trinajstić information content (AvgIpc) is 2.75. The third kappa shape index (κ3) is 7.17. The van der Waals surface area contributed by atoms with Crippen LogP contribution in [0.15, 0.2) is 41.4 Å². The fraction of sp³-hybridized carbons (Fsp3) is 0.350. The van der Waals surface area contributed by atoms with E-state index in [4.69, 9.17) is 24.7 Å². The van der Waals surface area contributed by atoms with Crippen LogP contribution in [0.25, 0.3) is 0 Å². The summed E-state index contributed by atoms with van der Waals surface area (Å²) in [5.41, 5.74) is 7.48. The number of benzene rings is 2. The molecule has 0 spiro atoms. The van der Waals surface area contributed by atoms with Crippen molar-refractivity contribution < 1.29 is 24.1 Å². The van der Waals surface area contributed by atoms with Crippen molar-refractivity contribution in [1.82, 2.24) is 5.32 Å². The van der Waals surface area contributed by atoms with Crippen LogP contribution in [-0.4, -0.2) is 46.1 Å². The molecule has 0 aliphatic rings. The van der Waals surface area contributed by atoms with Gasteiger partial charge in [0.05, 0.1) is 41.1 Å². The Bertz CT molecular complexity index is 794. The van der Waals surface area contributed by atoms with Gasteiger partial charge in [-0.25, -0.2) is 4.99 Å². The number of halogens is 1. The number of aliphatic hydroxyl groups excluding tert-OH is 1. The summed E-state index contributed by atoms with van der Waals surface area (Å²) in [5.74, 6) is 2.71. The van der Waals surface area contributed by atoms with Crippen molar-refractivity contribution in [2.75, 3.05) is 35.0 Å². The Morgan fingerprint density at radius 1 is 0.966 bits per heavy atom. The highest BCUT2D eigenvalue weighted by Gasteiger charge is 2.11. The maximum absolute atomic E-state index is 10.4. The molecule has 0 radical (unpaired) electrons. The van der Waals surface area contributed by atoms with Gasteiger partial charge in [-0.05, 0) is 35.4 Å². The van der Waals surface area contributed by atoms with E-state index < -0.39 is 6.10 Å². The standard InChI is InChI=1S/C20H27N3O5.HI/c1-25-15-8-14(9-16(10-15)26-2)17(24)12-23-20(21)22-11-13-5-6-18(27-3)19(7-13)28-4;/h5-10,17,24H,11-12H2,1-4H3,(H3,21,22,23);1H. The topological polar surface area (TPSA) is 108 Å². The van der Waals surface area contributed by atoms with E-state index in [-0.39, 0.29) is 36.5 Å². The SMILES string of the molecule is COc1cc(OC)cc(C(O)CNC(N)=NCc2ccc(OC)c(OC)c2)c1.I. The summed E-state index contributed by atoms with van der Waals surface area (Å²) in [6.45, 7) is 0.555. The van der Waals surface area contributed by atoms with Gasteiger partial charge in [-0.2, -0.15) is 0 Å². The van der Waals surface area contributed by atoms with Crippen LogP contribution in [0.4, 0.5) is 0 Å². The lowest BCUT2D eigenvalue weighted by atomic mass is 10.1. The molecule has 160 valence electrons. The minimum absolute atomic E-state index is 0. The third-order valence-electron chi connectivity index (χ3n) is 4.12. The summed E-state index contributed by atoms with van der Waals surface area (Å²) < 4.78 is 20.9. The summed E-state index contributed by atoms with van der Waals surface area (Å²) in [6, 6.07) is 10.8. The molecule has 2 rings (SSSR count). The molecule has 1 unspecified atom stereocenters. The van der Waals surface area contributed by atoms with Crippen LogP contribution in [0, 0.1) is 0 Å². The van der Waals surface area contributed by atoms with Gasteiger partial charge in [0.25, 0.3) is 0 Å². The van der Waals surface area contributed by atoms with Crippen LogP contribution in [0.2, 0.25) is 0 Å². The molecule has 4 N–H and O–H groups in total. The second-order valence-electron chi connectivity index (χ2n) is 5.93. The lowest BCUT2D eigenvalue weighted by Gasteiger charge is -2.15. The average molecular weight is 517 g/mol. The number of nitrogens with one attached hydrogen (secondary N) is 1.